The first-order chi connectivity index (χ1) is 7.79. The number of hydrazine groups is 1. The lowest BCUT2D eigenvalue weighted by atomic mass is 10.0. The molecule has 0 spiro atoms. The van der Waals surface area contributed by atoms with E-state index in [1.807, 2.05) is 11.4 Å². The van der Waals surface area contributed by atoms with Crippen molar-refractivity contribution in [3.05, 3.63) is 58.0 Å². The Morgan fingerprint density at radius 1 is 1.25 bits per heavy atom. The lowest BCUT2D eigenvalue weighted by Gasteiger charge is -2.15. The molecule has 16 heavy (non-hydrogen) atoms. The molecule has 4 heteroatoms. The van der Waals surface area contributed by atoms with Gasteiger partial charge < -0.3 is 0 Å². The van der Waals surface area contributed by atoms with Crippen LogP contribution >= 0.6 is 11.3 Å². The summed E-state index contributed by atoms with van der Waals surface area (Å²) in [5.41, 5.74) is 3.76. The molecular weight excluding hydrogens is 223 g/mol. The molecule has 2 nitrogen and oxygen atoms in total. The van der Waals surface area contributed by atoms with Gasteiger partial charge in [-0.1, -0.05) is 18.2 Å². The maximum Gasteiger partial charge on any atom is 0.123 e. The molecule has 0 radical (unpaired) electrons. The van der Waals surface area contributed by atoms with Gasteiger partial charge in [0.2, 0.25) is 0 Å². The Bertz CT molecular complexity index is 425. The van der Waals surface area contributed by atoms with Crippen LogP contribution in [0.3, 0.4) is 0 Å². The largest absolute Gasteiger partial charge is 0.271 e. The van der Waals surface area contributed by atoms with Gasteiger partial charge in [-0.2, -0.15) is 0 Å². The standard InChI is InChI=1S/C12H13FN2S/c13-10-5-3-9(4-6-10)12(15-14)8-11-2-1-7-16-11/h1-7,12,15H,8,14H2. The van der Waals surface area contributed by atoms with Crippen molar-refractivity contribution in [2.75, 3.05) is 0 Å². The van der Waals surface area contributed by atoms with Crippen LogP contribution in [0.5, 0.6) is 0 Å². The molecule has 0 aliphatic carbocycles. The molecule has 0 bridgehead atoms. The average molecular weight is 236 g/mol. The van der Waals surface area contributed by atoms with Crippen LogP contribution < -0.4 is 11.3 Å². The Kier molecular flexibility index (Phi) is 3.66. The van der Waals surface area contributed by atoms with Crippen molar-refractivity contribution in [3.8, 4) is 0 Å². The van der Waals surface area contributed by atoms with E-state index in [1.165, 1.54) is 17.0 Å². The molecule has 1 unspecified atom stereocenters. The van der Waals surface area contributed by atoms with Crippen LogP contribution in [0.1, 0.15) is 16.5 Å². The summed E-state index contributed by atoms with van der Waals surface area (Å²) in [6.07, 6.45) is 0.819. The second-order valence-electron chi connectivity index (χ2n) is 3.55. The quantitative estimate of drug-likeness (QED) is 0.632. The van der Waals surface area contributed by atoms with E-state index < -0.39 is 0 Å². The first-order valence-electron chi connectivity index (χ1n) is 5.03. The third kappa shape index (κ3) is 2.66. The van der Waals surface area contributed by atoms with E-state index in [4.69, 9.17) is 5.84 Å². The maximum absolute atomic E-state index is 12.8. The summed E-state index contributed by atoms with van der Waals surface area (Å²) in [6.45, 7) is 0. The van der Waals surface area contributed by atoms with Gasteiger partial charge in [0.15, 0.2) is 0 Å². The molecule has 1 atom stereocenters. The number of benzene rings is 1. The van der Waals surface area contributed by atoms with Crippen molar-refractivity contribution < 1.29 is 4.39 Å². The van der Waals surface area contributed by atoms with Crippen LogP contribution in [0.25, 0.3) is 0 Å². The van der Waals surface area contributed by atoms with Gasteiger partial charge in [0.25, 0.3) is 0 Å². The molecule has 0 aliphatic rings. The molecule has 1 aromatic heterocycles. The number of nitrogens with two attached hydrogens (primary N) is 1. The smallest absolute Gasteiger partial charge is 0.123 e. The van der Waals surface area contributed by atoms with Gasteiger partial charge in [0.05, 0.1) is 6.04 Å². The molecule has 0 amide bonds. The molecular formula is C12H13FN2S. The van der Waals surface area contributed by atoms with E-state index in [9.17, 15) is 4.39 Å². The van der Waals surface area contributed by atoms with Crippen LogP contribution in [0.2, 0.25) is 0 Å². The first kappa shape index (κ1) is 11.3. The number of nitrogens with one attached hydrogen (secondary N) is 1. The molecule has 1 aromatic carbocycles. The van der Waals surface area contributed by atoms with Crippen LogP contribution in [-0.4, -0.2) is 0 Å². The minimum Gasteiger partial charge on any atom is -0.271 e. The van der Waals surface area contributed by atoms with Gasteiger partial charge in [-0.15, -0.1) is 11.3 Å². The molecule has 0 saturated heterocycles. The summed E-state index contributed by atoms with van der Waals surface area (Å²) in [7, 11) is 0. The van der Waals surface area contributed by atoms with Crippen molar-refractivity contribution in [2.24, 2.45) is 5.84 Å². The van der Waals surface area contributed by atoms with E-state index in [0.717, 1.165) is 12.0 Å². The minimum absolute atomic E-state index is 0.0271. The Hall–Kier alpha value is -1.23. The Morgan fingerprint density at radius 2 is 2.00 bits per heavy atom. The van der Waals surface area contributed by atoms with Gasteiger partial charge in [-0.3, -0.25) is 11.3 Å². The van der Waals surface area contributed by atoms with E-state index in [0.29, 0.717) is 0 Å². The van der Waals surface area contributed by atoms with Crippen molar-refractivity contribution in [1.82, 2.24) is 5.43 Å². The third-order valence-electron chi connectivity index (χ3n) is 2.46. The second kappa shape index (κ2) is 5.21. The summed E-state index contributed by atoms with van der Waals surface area (Å²) < 4.78 is 12.8. The Labute approximate surface area is 97.9 Å². The Morgan fingerprint density at radius 3 is 2.56 bits per heavy atom. The molecule has 84 valence electrons. The minimum atomic E-state index is -0.226. The summed E-state index contributed by atoms with van der Waals surface area (Å²) in [5.74, 6) is 5.29. The predicted octanol–water partition coefficient (Wildman–Crippen LogP) is 2.63. The lowest BCUT2D eigenvalue weighted by molar-refractivity contribution is 0.553. The molecule has 2 aromatic rings. The molecule has 1 heterocycles. The number of thiophene rings is 1. The first-order valence-corrected chi connectivity index (χ1v) is 5.91. The average Bonchev–Trinajstić information content (AvgIpc) is 2.80. The van der Waals surface area contributed by atoms with Crippen LogP contribution in [0.15, 0.2) is 41.8 Å². The zero-order chi connectivity index (χ0) is 11.4. The highest BCUT2D eigenvalue weighted by molar-refractivity contribution is 7.09. The van der Waals surface area contributed by atoms with Crippen molar-refractivity contribution >= 4 is 11.3 Å². The summed E-state index contributed by atoms with van der Waals surface area (Å²) in [4.78, 5) is 1.26. The Balaban J connectivity index is 2.13. The topological polar surface area (TPSA) is 38.0 Å². The second-order valence-corrected chi connectivity index (χ2v) is 4.59. The van der Waals surface area contributed by atoms with Gasteiger partial charge in [0.1, 0.15) is 5.82 Å². The predicted molar refractivity (Wildman–Crippen MR) is 64.5 cm³/mol. The molecule has 0 fully saturated rings. The summed E-state index contributed by atoms with van der Waals surface area (Å²) in [5, 5.41) is 2.04. The van der Waals surface area contributed by atoms with Crippen LogP contribution in [-0.2, 0) is 6.42 Å². The van der Waals surface area contributed by atoms with Crippen molar-refractivity contribution in [3.63, 3.8) is 0 Å². The van der Waals surface area contributed by atoms with E-state index in [2.05, 4.69) is 11.5 Å². The highest BCUT2D eigenvalue weighted by Crippen LogP contribution is 2.20. The van der Waals surface area contributed by atoms with Crippen LogP contribution in [0.4, 0.5) is 4.39 Å². The van der Waals surface area contributed by atoms with Crippen molar-refractivity contribution in [1.29, 1.82) is 0 Å². The van der Waals surface area contributed by atoms with Gasteiger partial charge in [-0.25, -0.2) is 4.39 Å². The highest BCUT2D eigenvalue weighted by atomic mass is 32.1. The van der Waals surface area contributed by atoms with E-state index in [1.54, 1.807) is 23.5 Å². The van der Waals surface area contributed by atoms with Gasteiger partial charge in [-0.05, 0) is 29.1 Å². The zero-order valence-corrected chi connectivity index (χ0v) is 9.51. The molecule has 3 N–H and O–H groups in total. The number of halogens is 1. The fourth-order valence-electron chi connectivity index (χ4n) is 1.60. The summed E-state index contributed by atoms with van der Waals surface area (Å²) >= 11 is 1.69. The maximum atomic E-state index is 12.8. The number of rotatable bonds is 4. The molecule has 0 aliphatic heterocycles. The summed E-state index contributed by atoms with van der Waals surface area (Å²) in [6, 6.07) is 10.5. The van der Waals surface area contributed by atoms with Gasteiger partial charge >= 0.3 is 0 Å². The normalized spacial score (nSPS) is 12.6. The zero-order valence-electron chi connectivity index (χ0n) is 8.69. The van der Waals surface area contributed by atoms with Crippen molar-refractivity contribution in [2.45, 2.75) is 12.5 Å². The molecule has 2 rings (SSSR count). The fraction of sp³-hybridized carbons (Fsp3) is 0.167. The van der Waals surface area contributed by atoms with Crippen LogP contribution in [0, 0.1) is 5.82 Å². The SMILES string of the molecule is NNC(Cc1cccs1)c1ccc(F)cc1. The van der Waals surface area contributed by atoms with Gasteiger partial charge in [0, 0.05) is 11.3 Å². The fourth-order valence-corrected chi connectivity index (χ4v) is 2.35. The highest BCUT2D eigenvalue weighted by Gasteiger charge is 2.10. The van der Waals surface area contributed by atoms with E-state index >= 15 is 0 Å². The monoisotopic (exact) mass is 236 g/mol. The number of hydrogen-bond donors (Lipinski definition) is 2. The molecule has 0 saturated carbocycles. The lowest BCUT2D eigenvalue weighted by Crippen LogP contribution is -2.29. The van der Waals surface area contributed by atoms with E-state index in [-0.39, 0.29) is 11.9 Å². The number of hydrogen-bond acceptors (Lipinski definition) is 3. The third-order valence-corrected chi connectivity index (χ3v) is 3.36.